The molecular formula is C33H32ClFN4O6S. The highest BCUT2D eigenvalue weighted by atomic mass is 35.5. The second-order valence-electron chi connectivity index (χ2n) is 10.2. The summed E-state index contributed by atoms with van der Waals surface area (Å²) in [5.41, 5.74) is 2.20. The number of carbonyl (C=O) groups excluding carboxylic acids is 2. The van der Waals surface area contributed by atoms with Crippen molar-refractivity contribution < 1.29 is 33.1 Å². The van der Waals surface area contributed by atoms with Gasteiger partial charge in [0, 0.05) is 24.9 Å². The van der Waals surface area contributed by atoms with E-state index in [4.69, 9.17) is 21.1 Å². The summed E-state index contributed by atoms with van der Waals surface area (Å²) in [6, 6.07) is 15.8. The molecule has 0 saturated heterocycles. The van der Waals surface area contributed by atoms with Crippen LogP contribution in [0.1, 0.15) is 22.9 Å². The number of hydrogen-bond acceptors (Lipinski definition) is 8. The molecule has 13 heteroatoms. The van der Waals surface area contributed by atoms with Crippen LogP contribution in [-0.4, -0.2) is 48.1 Å². The molecule has 2 aromatic carbocycles. The summed E-state index contributed by atoms with van der Waals surface area (Å²) < 4.78 is 27.1. The number of nitrogens with zero attached hydrogens (tertiary/aromatic N) is 4. The van der Waals surface area contributed by atoms with Gasteiger partial charge in [-0.1, -0.05) is 54.1 Å². The lowest BCUT2D eigenvalue weighted by molar-refractivity contribution is -0.707. The Kier molecular flexibility index (Phi) is 11.2. The predicted molar refractivity (Wildman–Crippen MR) is 172 cm³/mol. The first-order valence-electron chi connectivity index (χ1n) is 14.0. The number of methoxy groups -OCH3 is 2. The summed E-state index contributed by atoms with van der Waals surface area (Å²) in [4.78, 5) is 43.1. The quantitative estimate of drug-likeness (QED) is 0.177. The molecule has 0 bridgehead atoms. The van der Waals surface area contributed by atoms with Crippen LogP contribution in [0.3, 0.4) is 0 Å². The topological polar surface area (TPSA) is 117 Å². The number of rotatable bonds is 8. The van der Waals surface area contributed by atoms with Crippen molar-refractivity contribution in [3.8, 4) is 17.0 Å². The number of anilines is 1. The number of carbonyl (C=O) groups is 2. The number of esters is 1. The third kappa shape index (κ3) is 7.25. The van der Waals surface area contributed by atoms with E-state index in [0.29, 0.717) is 10.1 Å². The monoisotopic (exact) mass is 666 g/mol. The molecule has 0 aliphatic rings. The fourth-order valence-electron chi connectivity index (χ4n) is 5.03. The average molecular weight is 667 g/mol. The molecule has 240 valence electrons. The van der Waals surface area contributed by atoms with Gasteiger partial charge < -0.3 is 14.6 Å². The van der Waals surface area contributed by atoms with Crippen molar-refractivity contribution in [3.05, 3.63) is 110 Å². The SMILES string of the molecule is COCC(=O)N(c1c(C)cccc1C)[C@H](C)C(=O)OC.O=c1c(-c2ccccc2F)c([O-])[n+](Cc2cnc(Cl)s2)c2ccccn12. The number of fused-ring (bicyclic) bond motifs is 1. The average Bonchev–Trinajstić information content (AvgIpc) is 3.46. The number of ether oxygens (including phenoxy) is 2. The zero-order valence-corrected chi connectivity index (χ0v) is 27.4. The number of halogens is 2. The van der Waals surface area contributed by atoms with E-state index in [-0.39, 0.29) is 30.2 Å². The molecule has 10 nitrogen and oxygen atoms in total. The molecule has 5 aromatic rings. The minimum atomic E-state index is -0.706. The van der Waals surface area contributed by atoms with Gasteiger partial charge in [-0.25, -0.2) is 23.5 Å². The minimum Gasteiger partial charge on any atom is -0.842 e. The molecule has 0 aliphatic heterocycles. The first-order chi connectivity index (χ1) is 22.0. The molecule has 0 radical (unpaired) electrons. The smallest absolute Gasteiger partial charge is 0.349 e. The van der Waals surface area contributed by atoms with Crippen molar-refractivity contribution in [1.29, 1.82) is 0 Å². The molecule has 0 spiro atoms. The number of amides is 1. The van der Waals surface area contributed by atoms with E-state index in [1.165, 1.54) is 57.6 Å². The number of benzene rings is 2. The van der Waals surface area contributed by atoms with Crippen LogP contribution in [0.25, 0.3) is 16.8 Å². The predicted octanol–water partition coefficient (Wildman–Crippen LogP) is 4.47. The summed E-state index contributed by atoms with van der Waals surface area (Å²) >= 11 is 7.12. The Labute approximate surface area is 273 Å². The van der Waals surface area contributed by atoms with Crippen LogP contribution >= 0.6 is 22.9 Å². The summed E-state index contributed by atoms with van der Waals surface area (Å²) in [7, 11) is 2.76. The zero-order valence-electron chi connectivity index (χ0n) is 25.8. The number of aryl methyl sites for hydroxylation is 2. The van der Waals surface area contributed by atoms with Crippen molar-refractivity contribution in [1.82, 2.24) is 9.38 Å². The lowest BCUT2D eigenvalue weighted by Crippen LogP contribution is -2.46. The second-order valence-corrected chi connectivity index (χ2v) is 11.9. The standard InChI is InChI=1S/C18H11ClFN3O2S.C15H21NO4/c19-18-21-9-11(26-18)10-23-14-7-3-4-8-22(14)16(24)15(17(23)25)12-5-1-2-6-13(12)20;1-10-7-6-8-11(2)14(10)16(13(17)9-19-4)12(3)15(18)20-5/h1-9H,10H2;6-8,12H,9H2,1-5H3/t;12-/m.1/s1. The number of para-hydroxylation sites is 1. The molecule has 0 fully saturated rings. The molecule has 0 N–H and O–H groups in total. The highest BCUT2D eigenvalue weighted by Crippen LogP contribution is 2.28. The first kappa shape index (κ1) is 34.2. The fraction of sp³-hybridized carbons (Fsp3) is 0.242. The lowest BCUT2D eigenvalue weighted by Gasteiger charge is -2.30. The molecule has 1 amide bonds. The van der Waals surface area contributed by atoms with Gasteiger partial charge in [0.15, 0.2) is 4.47 Å². The Morgan fingerprint density at radius 2 is 1.76 bits per heavy atom. The van der Waals surface area contributed by atoms with Crippen LogP contribution in [0.15, 0.2) is 77.9 Å². The van der Waals surface area contributed by atoms with Crippen LogP contribution in [0.2, 0.25) is 4.47 Å². The van der Waals surface area contributed by atoms with E-state index in [1.807, 2.05) is 32.0 Å². The number of pyridine rings is 1. The van der Waals surface area contributed by atoms with Crippen molar-refractivity contribution in [3.63, 3.8) is 0 Å². The Bertz CT molecular complexity index is 1930. The Morgan fingerprint density at radius 3 is 2.37 bits per heavy atom. The number of thiazole rings is 1. The largest absolute Gasteiger partial charge is 0.842 e. The third-order valence-electron chi connectivity index (χ3n) is 7.14. The summed E-state index contributed by atoms with van der Waals surface area (Å²) in [6.07, 6.45) is 3.13. The highest BCUT2D eigenvalue weighted by Gasteiger charge is 2.30. The van der Waals surface area contributed by atoms with E-state index in [0.717, 1.165) is 21.7 Å². The zero-order chi connectivity index (χ0) is 33.5. The lowest BCUT2D eigenvalue weighted by atomic mass is 10.1. The Hall–Kier alpha value is -4.65. The molecule has 0 saturated carbocycles. The first-order valence-corrected chi connectivity index (χ1v) is 15.2. The van der Waals surface area contributed by atoms with Gasteiger partial charge in [0.25, 0.3) is 11.6 Å². The molecule has 5 rings (SSSR count). The van der Waals surface area contributed by atoms with Gasteiger partial charge >= 0.3 is 11.5 Å². The van der Waals surface area contributed by atoms with Crippen LogP contribution < -0.4 is 20.1 Å². The fourth-order valence-corrected chi connectivity index (χ4v) is 5.99. The van der Waals surface area contributed by atoms with Crippen molar-refractivity contribution in [2.75, 3.05) is 25.7 Å². The van der Waals surface area contributed by atoms with Gasteiger partial charge in [-0.15, -0.1) is 11.3 Å². The highest BCUT2D eigenvalue weighted by molar-refractivity contribution is 7.15. The van der Waals surface area contributed by atoms with Gasteiger partial charge in [-0.3, -0.25) is 9.69 Å². The minimum absolute atomic E-state index is 0.0168. The second kappa shape index (κ2) is 15.1. The van der Waals surface area contributed by atoms with Gasteiger partial charge in [0.2, 0.25) is 0 Å². The van der Waals surface area contributed by atoms with Crippen molar-refractivity contribution in [2.24, 2.45) is 0 Å². The third-order valence-corrected chi connectivity index (χ3v) is 8.24. The Morgan fingerprint density at radius 1 is 1.09 bits per heavy atom. The van der Waals surface area contributed by atoms with Gasteiger partial charge in [0.05, 0.1) is 29.8 Å². The van der Waals surface area contributed by atoms with Crippen molar-refractivity contribution >= 4 is 46.1 Å². The van der Waals surface area contributed by atoms with E-state index in [2.05, 4.69) is 4.98 Å². The van der Waals surface area contributed by atoms with Gasteiger partial charge in [-0.05, 0) is 44.0 Å². The van der Waals surface area contributed by atoms with E-state index >= 15 is 0 Å². The summed E-state index contributed by atoms with van der Waals surface area (Å²) in [5.74, 6) is -1.92. The molecule has 0 unspecified atom stereocenters. The molecular weight excluding hydrogens is 635 g/mol. The summed E-state index contributed by atoms with van der Waals surface area (Å²) in [5, 5.41) is 13.1. The summed E-state index contributed by atoms with van der Waals surface area (Å²) in [6.45, 7) is 5.54. The number of hydrogen-bond donors (Lipinski definition) is 0. The van der Waals surface area contributed by atoms with Gasteiger partial charge in [0.1, 0.15) is 30.6 Å². The Balaban J connectivity index is 0.000000217. The normalized spacial score (nSPS) is 11.5. The maximum atomic E-state index is 14.3. The van der Waals surface area contributed by atoms with Crippen LogP contribution in [0, 0.1) is 19.7 Å². The molecule has 46 heavy (non-hydrogen) atoms. The molecule has 3 heterocycles. The number of aromatic nitrogens is 3. The van der Waals surface area contributed by atoms with Crippen LogP contribution in [0.4, 0.5) is 10.1 Å². The molecule has 3 aromatic heterocycles. The van der Waals surface area contributed by atoms with Gasteiger partial charge in [-0.2, -0.15) is 4.40 Å². The van der Waals surface area contributed by atoms with Crippen LogP contribution in [0.5, 0.6) is 5.88 Å². The molecule has 0 aliphatic carbocycles. The van der Waals surface area contributed by atoms with E-state index in [9.17, 15) is 23.9 Å². The maximum Gasteiger partial charge on any atom is 0.349 e. The van der Waals surface area contributed by atoms with E-state index < -0.39 is 29.3 Å². The maximum absolute atomic E-state index is 14.3. The van der Waals surface area contributed by atoms with Crippen LogP contribution in [-0.2, 0) is 25.6 Å². The van der Waals surface area contributed by atoms with E-state index in [1.54, 1.807) is 43.6 Å². The molecule has 1 atom stereocenters. The van der Waals surface area contributed by atoms with Crippen molar-refractivity contribution in [2.45, 2.75) is 33.4 Å².